The molecule has 4 aromatic rings. The summed E-state index contributed by atoms with van der Waals surface area (Å²) in [5, 5.41) is 23.5. The average Bonchev–Trinajstić information content (AvgIpc) is 2.94. The number of amides is 1. The van der Waals surface area contributed by atoms with Crippen molar-refractivity contribution in [3.63, 3.8) is 0 Å². The van der Waals surface area contributed by atoms with Gasteiger partial charge in [0.2, 0.25) is 5.91 Å². The zero-order chi connectivity index (χ0) is 26.9. The topological polar surface area (TPSA) is 122 Å². The number of rotatable bonds is 12. The van der Waals surface area contributed by atoms with Crippen LogP contribution in [0.2, 0.25) is 0 Å². The summed E-state index contributed by atoms with van der Waals surface area (Å²) in [6, 6.07) is 32.7. The zero-order valence-corrected chi connectivity index (χ0v) is 20.7. The number of carboxylic acids is 1. The third-order valence-electron chi connectivity index (χ3n) is 6.24. The van der Waals surface area contributed by atoms with Gasteiger partial charge in [0.1, 0.15) is 11.5 Å². The number of benzene rings is 4. The maximum atomic E-state index is 11.9. The van der Waals surface area contributed by atoms with Crippen molar-refractivity contribution in [3.05, 3.63) is 109 Å². The van der Waals surface area contributed by atoms with Crippen molar-refractivity contribution < 1.29 is 24.5 Å². The summed E-state index contributed by atoms with van der Waals surface area (Å²) >= 11 is 0. The molecule has 0 radical (unpaired) electrons. The Morgan fingerprint density at radius 1 is 0.737 bits per heavy atom. The SMILES string of the molecule is NC(=O)CC[C@H](NB(c1ccccc1)c1ccc(Oc2ccc(B(O)c3ccccc3)cc2)cc1)C(=O)O. The maximum Gasteiger partial charge on any atom is 0.358 e. The van der Waals surface area contributed by atoms with Gasteiger partial charge in [0, 0.05) is 6.42 Å². The minimum absolute atomic E-state index is 0.0284. The van der Waals surface area contributed by atoms with Crippen LogP contribution < -0.4 is 37.5 Å². The molecular weight excluding hydrogens is 478 g/mol. The highest BCUT2D eigenvalue weighted by atomic mass is 16.5. The molecule has 7 nitrogen and oxygen atoms in total. The van der Waals surface area contributed by atoms with Gasteiger partial charge in [-0.05, 0) is 41.6 Å². The monoisotopic (exact) mass is 506 g/mol. The van der Waals surface area contributed by atoms with Gasteiger partial charge in [0.05, 0.1) is 6.04 Å². The van der Waals surface area contributed by atoms with Gasteiger partial charge in [-0.3, -0.25) is 9.59 Å². The molecule has 5 N–H and O–H groups in total. The molecule has 0 fully saturated rings. The first kappa shape index (κ1) is 26.7. The third kappa shape index (κ3) is 7.12. The molecule has 0 saturated carbocycles. The molecule has 4 aromatic carbocycles. The summed E-state index contributed by atoms with van der Waals surface area (Å²) in [6.45, 7) is -1.14. The van der Waals surface area contributed by atoms with Crippen molar-refractivity contribution in [2.75, 3.05) is 0 Å². The number of ether oxygens (including phenoxy) is 1. The van der Waals surface area contributed by atoms with E-state index in [2.05, 4.69) is 5.23 Å². The Morgan fingerprint density at radius 2 is 1.18 bits per heavy atom. The standard InChI is InChI=1S/C29H28B2N2O5/c32-28(34)20-19-27(29(35)36)33-30(21-7-3-1-4-8-21)22-11-15-25(16-12-22)38-26-17-13-24(14-18-26)31(37)23-9-5-2-6-10-23/h1-18,27,33,37H,19-20H2,(H2,32,34)(H,35,36)/t27-/m0/s1. The van der Waals surface area contributed by atoms with Gasteiger partial charge >= 0.3 is 12.9 Å². The lowest BCUT2D eigenvalue weighted by Gasteiger charge is -2.21. The second-order valence-electron chi connectivity index (χ2n) is 8.96. The molecule has 1 atom stereocenters. The number of aliphatic carboxylic acids is 1. The number of carboxylic acid groups (broad SMARTS) is 1. The van der Waals surface area contributed by atoms with E-state index in [0.717, 1.165) is 21.9 Å². The van der Waals surface area contributed by atoms with Gasteiger partial charge in [0.15, 0.2) is 0 Å². The number of nitrogens with one attached hydrogen (secondary N) is 1. The molecule has 0 unspecified atom stereocenters. The largest absolute Gasteiger partial charge is 0.480 e. The molecule has 0 aliphatic rings. The molecule has 0 spiro atoms. The van der Waals surface area contributed by atoms with E-state index < -0.39 is 31.7 Å². The Bertz CT molecular complexity index is 1340. The van der Waals surface area contributed by atoms with E-state index >= 15 is 0 Å². The van der Waals surface area contributed by atoms with Crippen LogP contribution in [-0.2, 0) is 9.59 Å². The highest BCUT2D eigenvalue weighted by Crippen LogP contribution is 2.19. The molecule has 190 valence electrons. The van der Waals surface area contributed by atoms with Gasteiger partial charge in [-0.25, -0.2) is 0 Å². The Labute approximate surface area is 222 Å². The van der Waals surface area contributed by atoms with Crippen molar-refractivity contribution >= 4 is 47.5 Å². The minimum Gasteiger partial charge on any atom is -0.480 e. The van der Waals surface area contributed by atoms with Crippen LogP contribution in [0.3, 0.4) is 0 Å². The fraction of sp³-hybridized carbons (Fsp3) is 0.103. The van der Waals surface area contributed by atoms with Crippen LogP contribution in [0.1, 0.15) is 12.8 Å². The van der Waals surface area contributed by atoms with Gasteiger partial charge in [-0.15, -0.1) is 0 Å². The second-order valence-corrected chi connectivity index (χ2v) is 8.96. The van der Waals surface area contributed by atoms with Crippen molar-refractivity contribution in [2.24, 2.45) is 5.73 Å². The van der Waals surface area contributed by atoms with Crippen LogP contribution in [0, 0.1) is 0 Å². The molecule has 0 bridgehead atoms. The summed E-state index contributed by atoms with van der Waals surface area (Å²) in [6.07, 6.45) is 0.0591. The summed E-state index contributed by atoms with van der Waals surface area (Å²) < 4.78 is 6.00. The highest BCUT2D eigenvalue weighted by Gasteiger charge is 2.27. The van der Waals surface area contributed by atoms with E-state index in [0.29, 0.717) is 11.5 Å². The zero-order valence-electron chi connectivity index (χ0n) is 20.7. The Hall–Kier alpha value is -4.33. The summed E-state index contributed by atoms with van der Waals surface area (Å²) in [7, 11) is 0. The van der Waals surface area contributed by atoms with Crippen LogP contribution in [0.5, 0.6) is 11.5 Å². The van der Waals surface area contributed by atoms with E-state index in [1.54, 1.807) is 12.1 Å². The first-order valence-electron chi connectivity index (χ1n) is 12.3. The molecule has 1 amide bonds. The van der Waals surface area contributed by atoms with Crippen molar-refractivity contribution in [1.82, 2.24) is 5.23 Å². The van der Waals surface area contributed by atoms with Gasteiger partial charge in [0.25, 0.3) is 6.85 Å². The molecule has 9 heteroatoms. The lowest BCUT2D eigenvalue weighted by Crippen LogP contribution is -2.59. The maximum absolute atomic E-state index is 11.9. The minimum atomic E-state index is -1.05. The van der Waals surface area contributed by atoms with Crippen LogP contribution in [0.25, 0.3) is 0 Å². The number of carbonyl (C=O) groups is 2. The van der Waals surface area contributed by atoms with Crippen LogP contribution in [0.4, 0.5) is 0 Å². The van der Waals surface area contributed by atoms with E-state index in [9.17, 15) is 19.7 Å². The van der Waals surface area contributed by atoms with Gasteiger partial charge in [-0.2, -0.15) is 0 Å². The Morgan fingerprint density at radius 3 is 1.68 bits per heavy atom. The molecule has 0 aliphatic carbocycles. The van der Waals surface area contributed by atoms with E-state index in [1.165, 1.54) is 0 Å². The highest BCUT2D eigenvalue weighted by molar-refractivity contribution is 6.83. The fourth-order valence-electron chi connectivity index (χ4n) is 4.21. The van der Waals surface area contributed by atoms with E-state index in [4.69, 9.17) is 10.5 Å². The molecular formula is C29H28B2N2O5. The third-order valence-corrected chi connectivity index (χ3v) is 6.24. The first-order chi connectivity index (χ1) is 18.4. The summed E-state index contributed by atoms with van der Waals surface area (Å²) in [4.78, 5) is 23.1. The molecule has 4 rings (SSSR count). The molecule has 0 heterocycles. The number of nitrogens with two attached hydrogens (primary N) is 1. The van der Waals surface area contributed by atoms with Crippen molar-refractivity contribution in [2.45, 2.75) is 18.9 Å². The summed E-state index contributed by atoms with van der Waals surface area (Å²) in [5.41, 5.74) is 8.55. The predicted octanol–water partition coefficient (Wildman–Crippen LogP) is 0.991. The lowest BCUT2D eigenvalue weighted by atomic mass is 9.50. The second kappa shape index (κ2) is 12.8. The average molecular weight is 506 g/mol. The fourth-order valence-corrected chi connectivity index (χ4v) is 4.21. The van der Waals surface area contributed by atoms with Crippen LogP contribution in [0.15, 0.2) is 109 Å². The van der Waals surface area contributed by atoms with Gasteiger partial charge < -0.3 is 25.8 Å². The quantitative estimate of drug-likeness (QED) is 0.213. The van der Waals surface area contributed by atoms with Crippen LogP contribution in [-0.4, -0.2) is 41.8 Å². The van der Waals surface area contributed by atoms with Gasteiger partial charge in [-0.1, -0.05) is 95.9 Å². The molecule has 0 saturated heterocycles. The van der Waals surface area contributed by atoms with Crippen molar-refractivity contribution in [3.8, 4) is 11.5 Å². The normalized spacial score (nSPS) is 11.4. The Balaban J connectivity index is 1.49. The number of hydrogen-bond donors (Lipinski definition) is 4. The molecule has 38 heavy (non-hydrogen) atoms. The lowest BCUT2D eigenvalue weighted by molar-refractivity contribution is -0.139. The summed E-state index contributed by atoms with van der Waals surface area (Å²) in [5.74, 6) is -0.358. The van der Waals surface area contributed by atoms with E-state index in [1.807, 2.05) is 97.1 Å². The van der Waals surface area contributed by atoms with E-state index in [-0.39, 0.29) is 12.8 Å². The molecule has 0 aliphatic heterocycles. The first-order valence-corrected chi connectivity index (χ1v) is 12.3. The van der Waals surface area contributed by atoms with Crippen molar-refractivity contribution in [1.29, 1.82) is 0 Å². The molecule has 0 aromatic heterocycles. The Kier molecular flexibility index (Phi) is 8.98. The number of hydrogen-bond acceptors (Lipinski definition) is 5. The number of primary amides is 1. The number of carbonyl (C=O) groups excluding carboxylic acids is 1. The van der Waals surface area contributed by atoms with Crippen LogP contribution >= 0.6 is 0 Å². The predicted molar refractivity (Wildman–Crippen MR) is 151 cm³/mol. The smallest absolute Gasteiger partial charge is 0.358 e.